The van der Waals surface area contributed by atoms with Gasteiger partial charge in [0.1, 0.15) is 0 Å². The van der Waals surface area contributed by atoms with Gasteiger partial charge in [-0.05, 0) is 36.9 Å². The Morgan fingerprint density at radius 3 is 2.90 bits per heavy atom. The fourth-order valence-corrected chi connectivity index (χ4v) is 2.04. The van der Waals surface area contributed by atoms with E-state index in [4.69, 9.17) is 11.1 Å². The Kier molecular flexibility index (Phi) is 4.66. The van der Waals surface area contributed by atoms with E-state index in [9.17, 15) is 0 Å². The number of nitriles is 1. The number of nitrogens with zero attached hydrogens (tertiary/aromatic N) is 3. The second-order valence-corrected chi connectivity index (χ2v) is 4.66. The first-order chi connectivity index (χ1) is 9.71. The summed E-state index contributed by atoms with van der Waals surface area (Å²) in [7, 11) is 2.02. The Hall–Kier alpha value is -2.42. The van der Waals surface area contributed by atoms with E-state index in [1.807, 2.05) is 37.4 Å². The molecule has 0 aliphatic carbocycles. The van der Waals surface area contributed by atoms with E-state index in [0.29, 0.717) is 12.1 Å². The van der Waals surface area contributed by atoms with Gasteiger partial charge in [-0.3, -0.25) is 15.7 Å². The van der Waals surface area contributed by atoms with Crippen LogP contribution in [-0.4, -0.2) is 16.9 Å². The quantitative estimate of drug-likeness (QED) is 0.638. The van der Waals surface area contributed by atoms with Crippen LogP contribution in [0.5, 0.6) is 0 Å². The molecule has 2 aromatic rings. The lowest BCUT2D eigenvalue weighted by Gasteiger charge is -2.16. The van der Waals surface area contributed by atoms with Crippen LogP contribution in [-0.2, 0) is 13.1 Å². The van der Waals surface area contributed by atoms with Crippen molar-refractivity contribution >= 4 is 5.69 Å². The molecule has 3 N–H and O–H groups in total. The summed E-state index contributed by atoms with van der Waals surface area (Å²) in [6.45, 7) is 1.48. The van der Waals surface area contributed by atoms with Crippen LogP contribution >= 0.6 is 0 Å². The lowest BCUT2D eigenvalue weighted by molar-refractivity contribution is 0.315. The third-order valence-electron chi connectivity index (χ3n) is 2.92. The molecule has 0 saturated carbocycles. The Bertz CT molecular complexity index is 618. The van der Waals surface area contributed by atoms with Crippen molar-refractivity contribution in [1.82, 2.24) is 9.88 Å². The summed E-state index contributed by atoms with van der Waals surface area (Å²) in [5.41, 5.74) is 6.19. The highest BCUT2D eigenvalue weighted by Crippen LogP contribution is 2.11. The maximum absolute atomic E-state index is 8.90. The molecule has 1 aromatic heterocycles. The number of nitrogens with two attached hydrogens (primary N) is 1. The number of nitrogen functional groups attached to an aromatic ring is 1. The van der Waals surface area contributed by atoms with Crippen LogP contribution in [0.25, 0.3) is 0 Å². The highest BCUT2D eigenvalue weighted by Gasteiger charge is 2.04. The second-order valence-electron chi connectivity index (χ2n) is 4.66. The van der Waals surface area contributed by atoms with Crippen molar-refractivity contribution in [2.75, 3.05) is 12.5 Å². The summed E-state index contributed by atoms with van der Waals surface area (Å²) >= 11 is 0. The van der Waals surface area contributed by atoms with Crippen molar-refractivity contribution in [3.8, 4) is 6.07 Å². The zero-order valence-electron chi connectivity index (χ0n) is 11.4. The fourth-order valence-electron chi connectivity index (χ4n) is 2.04. The van der Waals surface area contributed by atoms with E-state index < -0.39 is 0 Å². The first-order valence-corrected chi connectivity index (χ1v) is 6.30. The standard InChI is InChI=1S/C15H17N5/c1-20(10-13-4-2-3-12(7-13)9-16)11-15-8-14(19-17)5-6-18-15/h2-8H,10-11,17H2,1H3,(H,18,19). The van der Waals surface area contributed by atoms with Gasteiger partial charge < -0.3 is 5.43 Å². The van der Waals surface area contributed by atoms with E-state index in [1.165, 1.54) is 0 Å². The number of hydrogen-bond acceptors (Lipinski definition) is 5. The third-order valence-corrected chi connectivity index (χ3v) is 2.92. The predicted octanol–water partition coefficient (Wildman–Crippen LogP) is 1.87. The number of nitrogens with one attached hydrogen (secondary N) is 1. The van der Waals surface area contributed by atoms with Gasteiger partial charge in [0.2, 0.25) is 0 Å². The molecule has 0 unspecified atom stereocenters. The smallest absolute Gasteiger partial charge is 0.0991 e. The molecule has 0 aliphatic rings. The van der Waals surface area contributed by atoms with Crippen LogP contribution in [0.1, 0.15) is 16.8 Å². The van der Waals surface area contributed by atoms with Gasteiger partial charge in [0.15, 0.2) is 0 Å². The molecule has 5 nitrogen and oxygen atoms in total. The van der Waals surface area contributed by atoms with Gasteiger partial charge in [0.05, 0.1) is 23.0 Å². The first-order valence-electron chi connectivity index (χ1n) is 6.30. The lowest BCUT2D eigenvalue weighted by Crippen LogP contribution is -2.18. The van der Waals surface area contributed by atoms with Crippen LogP contribution in [0.15, 0.2) is 42.6 Å². The van der Waals surface area contributed by atoms with Crippen LogP contribution in [0.2, 0.25) is 0 Å². The average molecular weight is 267 g/mol. The maximum atomic E-state index is 8.90. The molecule has 2 rings (SSSR count). The van der Waals surface area contributed by atoms with Crippen molar-refractivity contribution in [1.29, 1.82) is 5.26 Å². The van der Waals surface area contributed by atoms with Gasteiger partial charge in [-0.15, -0.1) is 0 Å². The average Bonchev–Trinajstić information content (AvgIpc) is 2.47. The summed E-state index contributed by atoms with van der Waals surface area (Å²) in [5, 5.41) is 8.90. The molecule has 0 atom stereocenters. The fraction of sp³-hybridized carbons (Fsp3) is 0.200. The number of aromatic nitrogens is 1. The van der Waals surface area contributed by atoms with Crippen molar-refractivity contribution < 1.29 is 0 Å². The van der Waals surface area contributed by atoms with E-state index in [0.717, 1.165) is 23.5 Å². The number of hydrogen-bond donors (Lipinski definition) is 2. The van der Waals surface area contributed by atoms with E-state index in [-0.39, 0.29) is 0 Å². The van der Waals surface area contributed by atoms with Gasteiger partial charge >= 0.3 is 0 Å². The van der Waals surface area contributed by atoms with Crippen molar-refractivity contribution in [3.05, 3.63) is 59.4 Å². The minimum atomic E-state index is 0.684. The molecule has 1 heterocycles. The summed E-state index contributed by atoms with van der Waals surface area (Å²) in [4.78, 5) is 6.45. The third kappa shape index (κ3) is 3.79. The van der Waals surface area contributed by atoms with Crippen LogP contribution in [0.3, 0.4) is 0 Å². The van der Waals surface area contributed by atoms with E-state index >= 15 is 0 Å². The van der Waals surface area contributed by atoms with Gasteiger partial charge in [-0.25, -0.2) is 0 Å². The van der Waals surface area contributed by atoms with E-state index in [1.54, 1.807) is 12.3 Å². The van der Waals surface area contributed by atoms with Crippen LogP contribution in [0, 0.1) is 11.3 Å². The van der Waals surface area contributed by atoms with Gasteiger partial charge in [0.25, 0.3) is 0 Å². The predicted molar refractivity (Wildman–Crippen MR) is 78.4 cm³/mol. The number of benzene rings is 1. The Labute approximate surface area is 118 Å². The van der Waals surface area contributed by atoms with Crippen molar-refractivity contribution in [3.63, 3.8) is 0 Å². The van der Waals surface area contributed by atoms with Gasteiger partial charge in [-0.1, -0.05) is 12.1 Å². The molecule has 102 valence electrons. The first kappa shape index (κ1) is 14.0. The Balaban J connectivity index is 2.01. The second kappa shape index (κ2) is 6.66. The summed E-state index contributed by atoms with van der Waals surface area (Å²) in [6, 6.07) is 13.5. The molecule has 1 aromatic carbocycles. The monoisotopic (exact) mass is 267 g/mol. The summed E-state index contributed by atoms with van der Waals surface area (Å²) in [5.74, 6) is 5.38. The Morgan fingerprint density at radius 2 is 2.15 bits per heavy atom. The molecule has 0 amide bonds. The number of anilines is 1. The minimum Gasteiger partial charge on any atom is -0.324 e. The normalized spacial score (nSPS) is 10.3. The molecule has 0 saturated heterocycles. The van der Waals surface area contributed by atoms with E-state index in [2.05, 4.69) is 21.4 Å². The van der Waals surface area contributed by atoms with Gasteiger partial charge in [-0.2, -0.15) is 5.26 Å². The summed E-state index contributed by atoms with van der Waals surface area (Å²) in [6.07, 6.45) is 1.73. The zero-order valence-corrected chi connectivity index (χ0v) is 11.4. The molecular formula is C15H17N5. The topological polar surface area (TPSA) is 78.0 Å². The lowest BCUT2D eigenvalue weighted by atomic mass is 10.1. The molecule has 5 heteroatoms. The SMILES string of the molecule is CN(Cc1cccc(C#N)c1)Cc1cc(NN)ccn1. The highest BCUT2D eigenvalue weighted by atomic mass is 15.2. The number of rotatable bonds is 5. The molecule has 0 fully saturated rings. The number of pyridine rings is 1. The summed E-state index contributed by atoms with van der Waals surface area (Å²) < 4.78 is 0. The molecular weight excluding hydrogens is 250 g/mol. The minimum absolute atomic E-state index is 0.684. The molecule has 0 radical (unpaired) electrons. The Morgan fingerprint density at radius 1 is 1.30 bits per heavy atom. The molecule has 0 spiro atoms. The van der Waals surface area contributed by atoms with Crippen molar-refractivity contribution in [2.45, 2.75) is 13.1 Å². The number of hydrazine groups is 1. The molecule has 20 heavy (non-hydrogen) atoms. The molecule has 0 aliphatic heterocycles. The molecule has 0 bridgehead atoms. The zero-order chi connectivity index (χ0) is 14.4. The maximum Gasteiger partial charge on any atom is 0.0991 e. The van der Waals surface area contributed by atoms with Crippen LogP contribution in [0.4, 0.5) is 5.69 Å². The van der Waals surface area contributed by atoms with Crippen LogP contribution < -0.4 is 11.3 Å². The van der Waals surface area contributed by atoms with Gasteiger partial charge in [0, 0.05) is 19.3 Å². The highest BCUT2D eigenvalue weighted by molar-refractivity contribution is 5.41. The van der Waals surface area contributed by atoms with Crippen molar-refractivity contribution in [2.24, 2.45) is 5.84 Å². The largest absolute Gasteiger partial charge is 0.324 e.